The Morgan fingerprint density at radius 3 is 2.27 bits per heavy atom. The van der Waals surface area contributed by atoms with Crippen molar-refractivity contribution in [1.29, 1.82) is 0 Å². The molecule has 2 aliphatic heterocycles. The van der Waals surface area contributed by atoms with Crippen LogP contribution in [0.15, 0.2) is 72.9 Å². The summed E-state index contributed by atoms with van der Waals surface area (Å²) in [6, 6.07) is 19.5. The van der Waals surface area contributed by atoms with Crippen LogP contribution in [-0.2, 0) is 14.4 Å². The highest BCUT2D eigenvalue weighted by molar-refractivity contribution is 6.25. The van der Waals surface area contributed by atoms with Crippen LogP contribution in [0.1, 0.15) is 95.3 Å². The fourth-order valence-corrected chi connectivity index (χ4v) is 7.08. The van der Waals surface area contributed by atoms with Crippen molar-refractivity contribution < 1.29 is 28.8 Å². The highest BCUT2D eigenvalue weighted by atomic mass is 16.2. The van der Waals surface area contributed by atoms with Gasteiger partial charge in [0, 0.05) is 55.2 Å². The number of nitrogens with one attached hydrogen (secondary N) is 6. The van der Waals surface area contributed by atoms with Crippen molar-refractivity contribution in [2.45, 2.75) is 70.3 Å². The molecule has 56 heavy (non-hydrogen) atoms. The van der Waals surface area contributed by atoms with E-state index in [2.05, 4.69) is 36.9 Å². The average molecular weight is 761 g/mol. The molecule has 6 N–H and O–H groups in total. The first-order chi connectivity index (χ1) is 27.2. The number of hydrogen-bond acceptors (Lipinski definition) is 10. The minimum absolute atomic E-state index is 0.0431. The predicted molar refractivity (Wildman–Crippen MR) is 215 cm³/mol. The molecule has 3 heterocycles. The smallest absolute Gasteiger partial charge is 0.264 e. The molecule has 6 rings (SSSR count). The maximum absolute atomic E-state index is 13.2. The zero-order chi connectivity index (χ0) is 39.4. The number of aromatic nitrogens is 1. The van der Waals surface area contributed by atoms with Gasteiger partial charge in [0.05, 0.1) is 34.4 Å². The van der Waals surface area contributed by atoms with Crippen molar-refractivity contribution in [3.8, 4) is 0 Å². The molecule has 14 heteroatoms. The van der Waals surface area contributed by atoms with E-state index in [9.17, 15) is 28.8 Å². The van der Waals surface area contributed by atoms with Crippen molar-refractivity contribution >= 4 is 69.1 Å². The number of nitrogens with zero attached hydrogens (tertiary/aromatic N) is 2. The highest BCUT2D eigenvalue weighted by Crippen LogP contribution is 2.33. The van der Waals surface area contributed by atoms with Crippen molar-refractivity contribution in [3.05, 3.63) is 89.6 Å². The number of anilines is 4. The summed E-state index contributed by atoms with van der Waals surface area (Å²) in [6.07, 6.45) is 10.3. The van der Waals surface area contributed by atoms with Crippen LogP contribution in [0.4, 0.5) is 22.7 Å². The number of amides is 6. The van der Waals surface area contributed by atoms with Gasteiger partial charge in [-0.3, -0.25) is 44.0 Å². The molecule has 4 aromatic rings. The highest BCUT2D eigenvalue weighted by Gasteiger charge is 2.45. The van der Waals surface area contributed by atoms with E-state index in [-0.39, 0.29) is 42.3 Å². The zero-order valence-electron chi connectivity index (χ0n) is 31.5. The Bertz CT molecular complexity index is 2110. The summed E-state index contributed by atoms with van der Waals surface area (Å²) >= 11 is 0. The van der Waals surface area contributed by atoms with Gasteiger partial charge in [-0.25, -0.2) is 0 Å². The summed E-state index contributed by atoms with van der Waals surface area (Å²) in [5.74, 6) is -2.75. The maximum Gasteiger partial charge on any atom is 0.264 e. The van der Waals surface area contributed by atoms with E-state index in [4.69, 9.17) is 0 Å². The molecule has 0 saturated carbocycles. The average Bonchev–Trinajstić information content (AvgIpc) is 3.46. The van der Waals surface area contributed by atoms with Gasteiger partial charge < -0.3 is 26.6 Å². The molecule has 1 aromatic heterocycles. The summed E-state index contributed by atoms with van der Waals surface area (Å²) < 4.78 is 0. The van der Waals surface area contributed by atoms with Crippen LogP contribution in [0.5, 0.6) is 0 Å². The van der Waals surface area contributed by atoms with Crippen LogP contribution >= 0.6 is 0 Å². The standard InChI is InChI=1S/C42H48N8O6/c1-43-39(53)31-25-46-32-19-18-28(24-30(32)38(31)48-27-14-9-8-10-15-27)44-22-11-6-4-2-3-5-7-12-23-45-36(52)26-47-33-17-13-16-29-37(33)42(56)50(41(29)55)34-20-21-35(51)49-40(34)54/h8-10,13-19,24-25,34,44,47H,2-7,11-12,20-23,26H2,1H3,(H,43,53)(H,45,52)(H,46,48)(H,49,51,54). The van der Waals surface area contributed by atoms with Gasteiger partial charge in [-0.1, -0.05) is 62.8 Å². The van der Waals surface area contributed by atoms with Crippen LogP contribution in [0.3, 0.4) is 0 Å². The fourth-order valence-electron chi connectivity index (χ4n) is 7.08. The summed E-state index contributed by atoms with van der Waals surface area (Å²) in [5, 5.41) is 18.6. The largest absolute Gasteiger partial charge is 0.385 e. The zero-order valence-corrected chi connectivity index (χ0v) is 31.5. The van der Waals surface area contributed by atoms with Gasteiger partial charge >= 0.3 is 0 Å². The van der Waals surface area contributed by atoms with Crippen molar-refractivity contribution in [2.75, 3.05) is 42.6 Å². The summed E-state index contributed by atoms with van der Waals surface area (Å²) in [6.45, 7) is 1.31. The summed E-state index contributed by atoms with van der Waals surface area (Å²) in [7, 11) is 1.61. The quantitative estimate of drug-likeness (QED) is 0.0526. The van der Waals surface area contributed by atoms with Crippen molar-refractivity contribution in [1.82, 2.24) is 25.8 Å². The number of unbranched alkanes of at least 4 members (excludes halogenated alkanes) is 7. The lowest BCUT2D eigenvalue weighted by Gasteiger charge is -2.27. The summed E-state index contributed by atoms with van der Waals surface area (Å²) in [5.41, 5.74) is 4.48. The molecule has 14 nitrogen and oxygen atoms in total. The van der Waals surface area contributed by atoms with Gasteiger partial charge in [-0.15, -0.1) is 0 Å². The third kappa shape index (κ3) is 9.49. The number of hydrogen-bond donors (Lipinski definition) is 6. The minimum atomic E-state index is -1.05. The minimum Gasteiger partial charge on any atom is -0.385 e. The number of carbonyl (C=O) groups excluding carboxylic acids is 6. The van der Waals surface area contributed by atoms with Crippen molar-refractivity contribution in [2.24, 2.45) is 0 Å². The summed E-state index contributed by atoms with van der Waals surface area (Å²) in [4.78, 5) is 80.8. The van der Waals surface area contributed by atoms with Gasteiger partial charge in [0.2, 0.25) is 17.7 Å². The first-order valence-corrected chi connectivity index (χ1v) is 19.3. The molecule has 1 saturated heterocycles. The van der Waals surface area contributed by atoms with Crippen LogP contribution < -0.4 is 31.9 Å². The number of para-hydroxylation sites is 1. The number of carbonyl (C=O) groups is 6. The molecule has 0 aliphatic carbocycles. The molecule has 2 aliphatic rings. The molecular weight excluding hydrogens is 713 g/mol. The first-order valence-electron chi connectivity index (χ1n) is 19.3. The topological polar surface area (TPSA) is 191 Å². The Hall–Kier alpha value is -6.31. The second kappa shape index (κ2) is 18.8. The Kier molecular flexibility index (Phi) is 13.2. The molecule has 0 spiro atoms. The molecule has 1 atom stereocenters. The second-order valence-electron chi connectivity index (χ2n) is 14.0. The van der Waals surface area contributed by atoms with Crippen molar-refractivity contribution in [3.63, 3.8) is 0 Å². The Labute approximate surface area is 325 Å². The number of imide groups is 2. The second-order valence-corrected chi connectivity index (χ2v) is 14.0. The van der Waals surface area contributed by atoms with E-state index in [0.29, 0.717) is 17.8 Å². The number of piperidine rings is 1. The molecule has 1 fully saturated rings. The lowest BCUT2D eigenvalue weighted by molar-refractivity contribution is -0.136. The Morgan fingerprint density at radius 1 is 0.804 bits per heavy atom. The normalized spacial score (nSPS) is 15.0. The number of pyridine rings is 1. The van der Waals surface area contributed by atoms with Crippen LogP contribution in [0, 0.1) is 0 Å². The lowest BCUT2D eigenvalue weighted by atomic mass is 10.0. The number of rotatable bonds is 19. The maximum atomic E-state index is 13.2. The molecule has 0 radical (unpaired) electrons. The SMILES string of the molecule is CNC(=O)c1cnc2ccc(NCCCCCCCCCCNC(=O)CNc3cccc4c3C(=O)N(C3CCC(=O)NC3=O)C4=O)cc2c1Nc1ccccc1. The van der Waals surface area contributed by atoms with E-state index < -0.39 is 29.7 Å². The van der Waals surface area contributed by atoms with E-state index in [0.717, 1.165) is 90.8 Å². The fraction of sp³-hybridized carbons (Fsp3) is 0.357. The van der Waals surface area contributed by atoms with Gasteiger partial charge in [0.25, 0.3) is 17.7 Å². The number of fused-ring (bicyclic) bond motifs is 2. The van der Waals surface area contributed by atoms with E-state index >= 15 is 0 Å². The third-order valence-electron chi connectivity index (χ3n) is 10.0. The van der Waals surface area contributed by atoms with Crippen LogP contribution in [0.25, 0.3) is 10.9 Å². The molecule has 292 valence electrons. The van der Waals surface area contributed by atoms with E-state index in [1.807, 2.05) is 48.5 Å². The van der Waals surface area contributed by atoms with Crippen LogP contribution in [-0.4, -0.2) is 78.1 Å². The predicted octanol–water partition coefficient (Wildman–Crippen LogP) is 5.50. The van der Waals surface area contributed by atoms with E-state index in [1.165, 1.54) is 6.07 Å². The lowest BCUT2D eigenvalue weighted by Crippen LogP contribution is -2.54. The van der Waals surface area contributed by atoms with Gasteiger partial charge in [-0.2, -0.15) is 0 Å². The first kappa shape index (κ1) is 39.4. The molecular formula is C42H48N8O6. The van der Waals surface area contributed by atoms with Gasteiger partial charge in [0.15, 0.2) is 0 Å². The molecule has 3 aromatic carbocycles. The van der Waals surface area contributed by atoms with Gasteiger partial charge in [0.1, 0.15) is 6.04 Å². The monoisotopic (exact) mass is 760 g/mol. The third-order valence-corrected chi connectivity index (χ3v) is 10.0. The molecule has 0 bridgehead atoms. The van der Waals surface area contributed by atoms with E-state index in [1.54, 1.807) is 25.4 Å². The molecule has 1 unspecified atom stereocenters. The Balaban J connectivity index is 0.846. The molecule has 6 amide bonds. The number of benzene rings is 3. The van der Waals surface area contributed by atoms with Gasteiger partial charge in [-0.05, 0) is 61.7 Å². The van der Waals surface area contributed by atoms with Crippen LogP contribution in [0.2, 0.25) is 0 Å². The Morgan fingerprint density at radius 2 is 1.54 bits per heavy atom.